The molecule has 1 aliphatic heterocycles. The largest absolute Gasteiger partial charge is 0.469 e. The zero-order valence-corrected chi connectivity index (χ0v) is 33.3. The van der Waals surface area contributed by atoms with Gasteiger partial charge in [0.1, 0.15) is 6.61 Å². The number of epoxide rings is 1. The lowest BCUT2D eigenvalue weighted by molar-refractivity contribution is -0.161. The second kappa shape index (κ2) is 31.7. The van der Waals surface area contributed by atoms with Crippen LogP contribution < -0.4 is 0 Å². The second-order valence-electron chi connectivity index (χ2n) is 14.5. The molecule has 0 saturated carbocycles. The van der Waals surface area contributed by atoms with Crippen molar-refractivity contribution in [2.75, 3.05) is 13.2 Å². The number of phosphoric ester groups is 1. The summed E-state index contributed by atoms with van der Waals surface area (Å²) in [4.78, 5) is 42.8. The van der Waals surface area contributed by atoms with Crippen LogP contribution in [0.2, 0.25) is 0 Å². The van der Waals surface area contributed by atoms with Gasteiger partial charge in [-0.25, -0.2) is 4.57 Å². The van der Waals surface area contributed by atoms with E-state index < -0.39 is 32.5 Å². The van der Waals surface area contributed by atoms with Crippen molar-refractivity contribution in [1.29, 1.82) is 0 Å². The molecule has 1 rings (SSSR count). The molecule has 2 unspecified atom stereocenters. The van der Waals surface area contributed by atoms with Gasteiger partial charge in [-0.05, 0) is 50.9 Å². The maximum atomic E-state index is 12.4. The average molecular weight is 741 g/mol. The number of ether oxygens (including phenoxy) is 3. The molecule has 1 fully saturated rings. The van der Waals surface area contributed by atoms with Gasteiger partial charge in [0.05, 0.1) is 18.8 Å². The Morgan fingerprint density at radius 2 is 1.25 bits per heavy atom. The Kier molecular flexibility index (Phi) is 29.4. The highest BCUT2D eigenvalue weighted by molar-refractivity contribution is 7.46. The average Bonchev–Trinajstić information content (AvgIpc) is 3.83. The van der Waals surface area contributed by atoms with Crippen molar-refractivity contribution in [3.05, 3.63) is 36.5 Å². The van der Waals surface area contributed by atoms with Crippen molar-refractivity contribution in [2.45, 2.75) is 193 Å². The molecule has 0 aromatic carbocycles. The van der Waals surface area contributed by atoms with Crippen molar-refractivity contribution in [3.63, 3.8) is 0 Å². The molecule has 2 N–H and O–H groups in total. The fourth-order valence-electron chi connectivity index (χ4n) is 5.88. The molecule has 9 nitrogen and oxygen atoms in total. The van der Waals surface area contributed by atoms with E-state index in [1.807, 2.05) is 6.08 Å². The van der Waals surface area contributed by atoms with E-state index >= 15 is 0 Å². The summed E-state index contributed by atoms with van der Waals surface area (Å²) < 4.78 is 32.0. The van der Waals surface area contributed by atoms with Crippen LogP contribution in [0, 0.1) is 5.92 Å². The van der Waals surface area contributed by atoms with Crippen molar-refractivity contribution in [3.8, 4) is 0 Å². The molecule has 0 aromatic heterocycles. The first-order valence-electron chi connectivity index (χ1n) is 20.3. The Morgan fingerprint density at radius 3 is 1.86 bits per heavy atom. The van der Waals surface area contributed by atoms with Gasteiger partial charge in [-0.15, -0.1) is 0 Å². The Balaban J connectivity index is 2.10. The van der Waals surface area contributed by atoms with E-state index in [4.69, 9.17) is 24.0 Å². The number of hydrogen-bond donors (Lipinski definition) is 2. The topological polar surface area (TPSA) is 132 Å². The van der Waals surface area contributed by atoms with E-state index in [1.165, 1.54) is 83.5 Å². The summed E-state index contributed by atoms with van der Waals surface area (Å²) in [6, 6.07) is 0. The van der Waals surface area contributed by atoms with Gasteiger partial charge in [0.15, 0.2) is 6.10 Å². The maximum absolute atomic E-state index is 12.4. The van der Waals surface area contributed by atoms with Crippen LogP contribution in [-0.4, -0.2) is 53.3 Å². The minimum absolute atomic E-state index is 0.188. The minimum Gasteiger partial charge on any atom is -0.462 e. The van der Waals surface area contributed by atoms with Crippen molar-refractivity contribution < 1.29 is 42.7 Å². The van der Waals surface area contributed by atoms with Crippen LogP contribution in [0.25, 0.3) is 0 Å². The molecule has 51 heavy (non-hydrogen) atoms. The van der Waals surface area contributed by atoms with Gasteiger partial charge in [-0.1, -0.05) is 154 Å². The molecule has 1 aliphatic rings. The molecule has 1 heterocycles. The summed E-state index contributed by atoms with van der Waals surface area (Å²) in [7, 11) is -4.77. The van der Waals surface area contributed by atoms with Crippen LogP contribution in [0.15, 0.2) is 36.5 Å². The maximum Gasteiger partial charge on any atom is 0.469 e. The van der Waals surface area contributed by atoms with Crippen LogP contribution in [0.1, 0.15) is 175 Å². The molecule has 0 aliphatic carbocycles. The van der Waals surface area contributed by atoms with Crippen molar-refractivity contribution in [2.24, 2.45) is 5.92 Å². The van der Waals surface area contributed by atoms with Gasteiger partial charge in [0.25, 0.3) is 0 Å². The number of phosphoric acid groups is 1. The Labute approximate surface area is 310 Å². The van der Waals surface area contributed by atoms with Gasteiger partial charge in [-0.2, -0.15) is 0 Å². The summed E-state index contributed by atoms with van der Waals surface area (Å²) in [5.41, 5.74) is 0. The van der Waals surface area contributed by atoms with E-state index in [-0.39, 0.29) is 19.4 Å². The smallest absolute Gasteiger partial charge is 0.462 e. The van der Waals surface area contributed by atoms with Crippen LogP contribution in [0.5, 0.6) is 0 Å². The van der Waals surface area contributed by atoms with Crippen LogP contribution in [0.3, 0.4) is 0 Å². The number of esters is 2. The number of rotatable bonds is 35. The fraction of sp³-hybridized carbons (Fsp3) is 0.805. The summed E-state index contributed by atoms with van der Waals surface area (Å²) in [6.07, 6.45) is 37.6. The zero-order valence-electron chi connectivity index (χ0n) is 32.4. The van der Waals surface area contributed by atoms with Gasteiger partial charge in [0.2, 0.25) is 0 Å². The number of allylic oxidation sites excluding steroid dienone is 5. The number of unbranched alkanes of at least 4 members (excludes halogenated alkanes) is 14. The van der Waals surface area contributed by atoms with E-state index in [1.54, 1.807) is 0 Å². The molecule has 1 saturated heterocycles. The first-order chi connectivity index (χ1) is 24.6. The van der Waals surface area contributed by atoms with Crippen molar-refractivity contribution >= 4 is 19.8 Å². The van der Waals surface area contributed by atoms with Crippen LogP contribution >= 0.6 is 7.82 Å². The highest BCUT2D eigenvalue weighted by Gasteiger charge is 2.36. The highest BCUT2D eigenvalue weighted by Crippen LogP contribution is 2.36. The second-order valence-corrected chi connectivity index (χ2v) is 15.7. The van der Waals surface area contributed by atoms with E-state index in [0.717, 1.165) is 50.9 Å². The lowest BCUT2D eigenvalue weighted by Gasteiger charge is -2.18. The fourth-order valence-corrected chi connectivity index (χ4v) is 6.24. The zero-order chi connectivity index (χ0) is 37.4. The van der Waals surface area contributed by atoms with Gasteiger partial charge < -0.3 is 24.0 Å². The molecule has 0 aromatic rings. The lowest BCUT2D eigenvalue weighted by Crippen LogP contribution is -2.29. The van der Waals surface area contributed by atoms with Crippen LogP contribution in [0.4, 0.5) is 0 Å². The third-order valence-corrected chi connectivity index (χ3v) is 9.50. The van der Waals surface area contributed by atoms with E-state index in [9.17, 15) is 14.2 Å². The number of carbonyl (C=O) groups is 2. The molecule has 10 heteroatoms. The molecule has 0 radical (unpaired) electrons. The highest BCUT2D eigenvalue weighted by atomic mass is 31.2. The molecule has 0 bridgehead atoms. The summed E-state index contributed by atoms with van der Waals surface area (Å²) >= 11 is 0. The predicted octanol–water partition coefficient (Wildman–Crippen LogP) is 11.0. The Morgan fingerprint density at radius 1 is 0.686 bits per heavy atom. The van der Waals surface area contributed by atoms with E-state index in [0.29, 0.717) is 25.0 Å². The third kappa shape index (κ3) is 32.6. The molecular formula is C41H73O9P. The van der Waals surface area contributed by atoms with Gasteiger partial charge in [0, 0.05) is 12.8 Å². The third-order valence-electron chi connectivity index (χ3n) is 9.01. The summed E-state index contributed by atoms with van der Waals surface area (Å²) in [5, 5.41) is 0. The Hall–Kier alpha value is -1.77. The lowest BCUT2D eigenvalue weighted by atomic mass is 10.0. The molecular weight excluding hydrogens is 667 g/mol. The van der Waals surface area contributed by atoms with Crippen molar-refractivity contribution in [1.82, 2.24) is 0 Å². The number of carbonyl (C=O) groups excluding carboxylic acids is 2. The van der Waals surface area contributed by atoms with E-state index in [2.05, 4.69) is 55.7 Å². The van der Waals surface area contributed by atoms with Gasteiger partial charge in [-0.3, -0.25) is 14.1 Å². The monoisotopic (exact) mass is 740 g/mol. The molecule has 0 amide bonds. The van der Waals surface area contributed by atoms with Crippen LogP contribution in [-0.2, 0) is 32.9 Å². The first kappa shape index (κ1) is 47.3. The molecule has 296 valence electrons. The molecule has 0 spiro atoms. The predicted molar refractivity (Wildman–Crippen MR) is 206 cm³/mol. The first-order valence-corrected chi connectivity index (χ1v) is 21.8. The standard InChI is InChI=1S/C41H73O9P/c1-4-5-24-30-38-39(50-38)31-26-21-17-13-10-11-14-18-22-27-32-40(42)47-34-37(35-48-51(44,45)46)49-41(43)33-28-23-19-15-9-7-6-8-12-16-20-25-29-36(2)3/h10,13-14,18,21,26,36-39H,4-9,11-12,15-17,19-20,22-25,27-35H2,1-3H3,(H2,44,45,46)/b13-10-,18-14-,26-21-/t37-,38?,39?/m1/s1. The number of hydrogen-bond acceptors (Lipinski definition) is 7. The summed E-state index contributed by atoms with van der Waals surface area (Å²) in [5.74, 6) is -0.141. The SMILES string of the molecule is CCCCCC1OC1C/C=C\C/C=C\C/C=C\CCCC(=O)OC[C@H](COP(=O)(O)O)OC(=O)CCCCCCCCCCCCCCC(C)C. The quantitative estimate of drug-likeness (QED) is 0.0214. The minimum atomic E-state index is -4.77. The normalized spacial score (nSPS) is 16.9. The summed E-state index contributed by atoms with van der Waals surface area (Å²) in [6.45, 7) is 5.93. The Bertz CT molecular complexity index is 1000. The molecule has 3 atom stereocenters. The van der Waals surface area contributed by atoms with Gasteiger partial charge >= 0.3 is 19.8 Å².